The number of sulfonamides is 1. The normalized spacial score (nSPS) is 17.7. The Kier molecular flexibility index (Phi) is 6.39. The molecule has 29 heavy (non-hydrogen) atoms. The zero-order valence-corrected chi connectivity index (χ0v) is 17.1. The van der Waals surface area contributed by atoms with E-state index in [0.29, 0.717) is 12.1 Å². The highest BCUT2D eigenvalue weighted by atomic mass is 32.2. The van der Waals surface area contributed by atoms with Crippen LogP contribution in [0.25, 0.3) is 0 Å². The van der Waals surface area contributed by atoms with E-state index in [-0.39, 0.29) is 28.9 Å². The van der Waals surface area contributed by atoms with Gasteiger partial charge in [0.05, 0.1) is 23.8 Å². The van der Waals surface area contributed by atoms with Gasteiger partial charge in [-0.2, -0.15) is 4.31 Å². The number of benzene rings is 1. The number of piperidine rings is 1. The van der Waals surface area contributed by atoms with Crippen LogP contribution in [-0.2, 0) is 26.1 Å². The summed E-state index contributed by atoms with van der Waals surface area (Å²) in [5.74, 6) is -1.34. The standard InChI is InChI=1S/C20H23NO7S/c1-14-5-3-4-11-21(14)29(24,25)17-8-6-15(7-9-17)19(22)28-13-16-10-12-27-18(16)20(23)26-2/h6-10,12,14H,3-5,11,13H2,1-2H3/t14-/m1/s1. The van der Waals surface area contributed by atoms with Crippen LogP contribution in [0.4, 0.5) is 0 Å². The first-order valence-electron chi connectivity index (χ1n) is 9.28. The Hall–Kier alpha value is -2.65. The van der Waals surface area contributed by atoms with Crippen molar-refractivity contribution < 1.29 is 31.9 Å². The van der Waals surface area contributed by atoms with Crippen molar-refractivity contribution in [3.8, 4) is 0 Å². The molecule has 1 aliphatic rings. The summed E-state index contributed by atoms with van der Waals surface area (Å²) >= 11 is 0. The third-order valence-corrected chi connectivity index (χ3v) is 6.94. The van der Waals surface area contributed by atoms with Crippen molar-refractivity contribution >= 4 is 22.0 Å². The molecule has 1 aromatic heterocycles. The molecule has 8 nitrogen and oxygen atoms in total. The Morgan fingerprint density at radius 1 is 1.14 bits per heavy atom. The van der Waals surface area contributed by atoms with Crippen LogP contribution in [0.15, 0.2) is 45.9 Å². The summed E-state index contributed by atoms with van der Waals surface area (Å²) in [6.07, 6.45) is 4.00. The number of furan rings is 1. The summed E-state index contributed by atoms with van der Waals surface area (Å²) in [6, 6.07) is 7.11. The van der Waals surface area contributed by atoms with Gasteiger partial charge in [-0.25, -0.2) is 18.0 Å². The smallest absolute Gasteiger partial charge is 0.374 e. The van der Waals surface area contributed by atoms with Gasteiger partial charge in [-0.1, -0.05) is 6.42 Å². The average molecular weight is 421 g/mol. The maximum Gasteiger partial charge on any atom is 0.374 e. The highest BCUT2D eigenvalue weighted by Crippen LogP contribution is 2.25. The van der Waals surface area contributed by atoms with E-state index >= 15 is 0 Å². The van der Waals surface area contributed by atoms with Gasteiger partial charge in [-0.05, 0) is 50.1 Å². The Morgan fingerprint density at radius 2 is 1.86 bits per heavy atom. The third kappa shape index (κ3) is 4.51. The van der Waals surface area contributed by atoms with Gasteiger partial charge < -0.3 is 13.9 Å². The molecule has 1 aliphatic heterocycles. The lowest BCUT2D eigenvalue weighted by atomic mass is 10.1. The van der Waals surface area contributed by atoms with Gasteiger partial charge in [-0.3, -0.25) is 0 Å². The number of hydrogen-bond donors (Lipinski definition) is 0. The number of carbonyl (C=O) groups excluding carboxylic acids is 2. The second kappa shape index (κ2) is 8.79. The average Bonchev–Trinajstić information content (AvgIpc) is 3.20. The molecule has 0 unspecified atom stereocenters. The number of esters is 2. The molecule has 2 heterocycles. The van der Waals surface area contributed by atoms with Crippen molar-refractivity contribution in [3.05, 3.63) is 53.5 Å². The maximum absolute atomic E-state index is 12.8. The number of ether oxygens (including phenoxy) is 2. The lowest BCUT2D eigenvalue weighted by Gasteiger charge is -2.32. The fourth-order valence-corrected chi connectivity index (χ4v) is 4.97. The lowest BCUT2D eigenvalue weighted by molar-refractivity contribution is 0.0453. The molecule has 0 bridgehead atoms. The third-order valence-electron chi connectivity index (χ3n) is 4.91. The zero-order chi connectivity index (χ0) is 21.0. The van der Waals surface area contributed by atoms with Crippen molar-refractivity contribution in [1.82, 2.24) is 4.31 Å². The van der Waals surface area contributed by atoms with Crippen molar-refractivity contribution in [3.63, 3.8) is 0 Å². The number of hydrogen-bond acceptors (Lipinski definition) is 7. The van der Waals surface area contributed by atoms with Crippen LogP contribution in [0.3, 0.4) is 0 Å². The highest BCUT2D eigenvalue weighted by molar-refractivity contribution is 7.89. The summed E-state index contributed by atoms with van der Waals surface area (Å²) in [7, 11) is -2.38. The van der Waals surface area contributed by atoms with Crippen molar-refractivity contribution in [1.29, 1.82) is 0 Å². The van der Waals surface area contributed by atoms with E-state index in [4.69, 9.17) is 9.15 Å². The summed E-state index contributed by atoms with van der Waals surface area (Å²) < 4.78 is 42.0. The van der Waals surface area contributed by atoms with Gasteiger partial charge in [0, 0.05) is 18.2 Å². The minimum absolute atomic E-state index is 0.0302. The molecule has 1 saturated heterocycles. The number of nitrogens with zero attached hydrogens (tertiary/aromatic N) is 1. The highest BCUT2D eigenvalue weighted by Gasteiger charge is 2.31. The number of rotatable bonds is 6. The van der Waals surface area contributed by atoms with Crippen molar-refractivity contribution in [2.75, 3.05) is 13.7 Å². The van der Waals surface area contributed by atoms with Crippen molar-refractivity contribution in [2.45, 2.75) is 43.7 Å². The van der Waals surface area contributed by atoms with Crippen LogP contribution in [0.2, 0.25) is 0 Å². The van der Waals surface area contributed by atoms with Gasteiger partial charge in [0.1, 0.15) is 6.61 Å². The van der Waals surface area contributed by atoms with E-state index in [1.54, 1.807) is 0 Å². The van der Waals surface area contributed by atoms with Gasteiger partial charge >= 0.3 is 11.9 Å². The Balaban J connectivity index is 1.68. The Morgan fingerprint density at radius 3 is 2.52 bits per heavy atom. The Labute approximate surface area is 169 Å². The van der Waals surface area contributed by atoms with Gasteiger partial charge in [0.2, 0.25) is 15.8 Å². The molecule has 2 aromatic rings. The van der Waals surface area contributed by atoms with Crippen LogP contribution in [0.5, 0.6) is 0 Å². The molecule has 156 valence electrons. The molecule has 1 fully saturated rings. The van der Waals surface area contributed by atoms with Crippen LogP contribution >= 0.6 is 0 Å². The summed E-state index contributed by atoms with van der Waals surface area (Å²) in [5.41, 5.74) is 0.585. The first kappa shape index (κ1) is 21.1. The van der Waals surface area contributed by atoms with Crippen LogP contribution in [0, 0.1) is 0 Å². The van der Waals surface area contributed by atoms with E-state index in [0.717, 1.165) is 19.3 Å². The molecular weight excluding hydrogens is 398 g/mol. The lowest BCUT2D eigenvalue weighted by Crippen LogP contribution is -2.41. The molecule has 0 spiro atoms. The van der Waals surface area contributed by atoms with E-state index in [1.165, 1.54) is 48.0 Å². The van der Waals surface area contributed by atoms with Gasteiger partial charge in [0.15, 0.2) is 0 Å². The number of carbonyl (C=O) groups is 2. The van der Waals surface area contributed by atoms with Crippen LogP contribution in [-0.4, -0.2) is 44.4 Å². The van der Waals surface area contributed by atoms with E-state index in [1.807, 2.05) is 6.92 Å². The molecule has 3 rings (SSSR count). The molecule has 1 atom stereocenters. The van der Waals surface area contributed by atoms with E-state index < -0.39 is 22.0 Å². The predicted octanol–water partition coefficient (Wildman–Crippen LogP) is 2.99. The fourth-order valence-electron chi connectivity index (χ4n) is 3.27. The van der Waals surface area contributed by atoms with E-state index in [2.05, 4.69) is 4.74 Å². The van der Waals surface area contributed by atoms with E-state index in [9.17, 15) is 18.0 Å². The largest absolute Gasteiger partial charge is 0.463 e. The van der Waals surface area contributed by atoms with Gasteiger partial charge in [-0.15, -0.1) is 0 Å². The first-order valence-corrected chi connectivity index (χ1v) is 10.7. The molecule has 0 saturated carbocycles. The molecule has 9 heteroatoms. The topological polar surface area (TPSA) is 103 Å². The second-order valence-electron chi connectivity index (χ2n) is 6.83. The predicted molar refractivity (Wildman–Crippen MR) is 103 cm³/mol. The summed E-state index contributed by atoms with van der Waals surface area (Å²) in [5, 5.41) is 0. The minimum Gasteiger partial charge on any atom is -0.463 e. The SMILES string of the molecule is COC(=O)c1occc1COC(=O)c1ccc(S(=O)(=O)N2CCCC[C@H]2C)cc1. The zero-order valence-electron chi connectivity index (χ0n) is 16.3. The van der Waals surface area contributed by atoms with Crippen LogP contribution < -0.4 is 0 Å². The first-order chi connectivity index (χ1) is 13.8. The fraction of sp³-hybridized carbons (Fsp3) is 0.400. The van der Waals surface area contributed by atoms with Crippen LogP contribution in [0.1, 0.15) is 52.7 Å². The molecular formula is C20H23NO7S. The molecule has 0 radical (unpaired) electrons. The summed E-state index contributed by atoms with van der Waals surface area (Å²) in [4.78, 5) is 24.0. The maximum atomic E-state index is 12.8. The van der Waals surface area contributed by atoms with Gasteiger partial charge in [0.25, 0.3) is 0 Å². The summed E-state index contributed by atoms with van der Waals surface area (Å²) in [6.45, 7) is 2.23. The monoisotopic (exact) mass is 421 g/mol. The molecule has 0 amide bonds. The Bertz CT molecular complexity index is 979. The number of methoxy groups -OCH3 is 1. The minimum atomic E-state index is -3.60. The molecule has 1 aromatic carbocycles. The molecule has 0 N–H and O–H groups in total. The van der Waals surface area contributed by atoms with Crippen molar-refractivity contribution in [2.24, 2.45) is 0 Å². The molecule has 0 aliphatic carbocycles. The quantitative estimate of drug-likeness (QED) is 0.661. The second-order valence-corrected chi connectivity index (χ2v) is 8.72.